The molecule has 0 saturated heterocycles. The average molecular weight is 400 g/mol. The number of carbonyl (C=O) groups is 2. The molecule has 0 radical (unpaired) electrons. The van der Waals surface area contributed by atoms with Crippen molar-refractivity contribution < 1.29 is 29.4 Å². The number of benzene rings is 2. The number of hydroxylamine groups is 1. The molecule has 0 fully saturated rings. The van der Waals surface area contributed by atoms with E-state index in [1.165, 1.54) is 24.7 Å². The predicted molar refractivity (Wildman–Crippen MR) is 107 cm³/mol. The van der Waals surface area contributed by atoms with E-state index in [0.29, 0.717) is 11.3 Å². The van der Waals surface area contributed by atoms with Crippen LogP contribution in [-0.4, -0.2) is 29.4 Å². The average Bonchev–Trinajstić information content (AvgIpc) is 2.70. The molecule has 0 aliphatic heterocycles. The first-order chi connectivity index (χ1) is 13.8. The van der Waals surface area contributed by atoms with Crippen molar-refractivity contribution in [2.75, 3.05) is 12.4 Å². The number of aromatic hydroxyl groups is 1. The number of ether oxygens (including phenoxy) is 2. The second kappa shape index (κ2) is 9.61. The first-order valence-corrected chi connectivity index (χ1v) is 8.79. The third kappa shape index (κ3) is 5.98. The minimum atomic E-state index is -0.873. The van der Waals surface area contributed by atoms with Gasteiger partial charge in [-0.05, 0) is 29.8 Å². The number of nitrogens with one attached hydrogen (secondary N) is 2. The fourth-order valence-electron chi connectivity index (χ4n) is 2.71. The minimum Gasteiger partial charge on any atom is -0.504 e. The van der Waals surface area contributed by atoms with Crippen LogP contribution in [0.15, 0.2) is 60.7 Å². The highest BCUT2D eigenvalue weighted by Gasteiger charge is 2.33. The molecule has 2 rings (SSSR count). The third-order valence-corrected chi connectivity index (χ3v) is 4.20. The molecule has 0 spiro atoms. The molecule has 2 amide bonds. The van der Waals surface area contributed by atoms with Gasteiger partial charge >= 0.3 is 6.09 Å². The second-order valence-electron chi connectivity index (χ2n) is 6.84. The van der Waals surface area contributed by atoms with E-state index in [1.807, 2.05) is 6.07 Å². The number of phenols is 1. The van der Waals surface area contributed by atoms with Gasteiger partial charge in [-0.3, -0.25) is 15.3 Å². The van der Waals surface area contributed by atoms with E-state index in [-0.39, 0.29) is 11.5 Å². The summed E-state index contributed by atoms with van der Waals surface area (Å²) in [5.74, 6) is -0.563. The lowest BCUT2D eigenvalue weighted by Gasteiger charge is -2.32. The Hall–Kier alpha value is -3.52. The summed E-state index contributed by atoms with van der Waals surface area (Å²) in [6, 6.07) is 13.4. The molecule has 8 nitrogen and oxygen atoms in total. The summed E-state index contributed by atoms with van der Waals surface area (Å²) in [7, 11) is 1.43. The van der Waals surface area contributed by atoms with E-state index in [0.717, 1.165) is 6.08 Å². The molecule has 0 aromatic heterocycles. The first kappa shape index (κ1) is 21.8. The summed E-state index contributed by atoms with van der Waals surface area (Å²) in [4.78, 5) is 23.9. The molecule has 0 saturated carbocycles. The molecular formula is C21H24N2O6. The van der Waals surface area contributed by atoms with Crippen LogP contribution in [0.2, 0.25) is 0 Å². The van der Waals surface area contributed by atoms with E-state index < -0.39 is 23.5 Å². The van der Waals surface area contributed by atoms with Crippen LogP contribution in [0, 0.1) is 5.41 Å². The summed E-state index contributed by atoms with van der Waals surface area (Å²) in [5, 5.41) is 21.5. The topological polar surface area (TPSA) is 117 Å². The van der Waals surface area contributed by atoms with Crippen LogP contribution in [0.25, 0.3) is 0 Å². The number of hydrogen-bond donors (Lipinski definition) is 4. The molecular weight excluding hydrogens is 376 g/mol. The van der Waals surface area contributed by atoms with E-state index >= 15 is 0 Å². The van der Waals surface area contributed by atoms with Gasteiger partial charge in [0.1, 0.15) is 6.10 Å². The molecule has 0 aliphatic rings. The zero-order valence-electron chi connectivity index (χ0n) is 16.4. The molecule has 1 atom stereocenters. The van der Waals surface area contributed by atoms with Crippen molar-refractivity contribution in [1.82, 2.24) is 5.48 Å². The Morgan fingerprint density at radius 2 is 1.83 bits per heavy atom. The molecule has 2 aromatic rings. The van der Waals surface area contributed by atoms with Crippen molar-refractivity contribution in [3.05, 3.63) is 66.2 Å². The van der Waals surface area contributed by atoms with Gasteiger partial charge in [-0.1, -0.05) is 44.2 Å². The van der Waals surface area contributed by atoms with Gasteiger partial charge in [0.25, 0.3) is 5.91 Å². The molecule has 0 bridgehead atoms. The maximum atomic E-state index is 12.5. The van der Waals surface area contributed by atoms with Gasteiger partial charge in [-0.2, -0.15) is 0 Å². The van der Waals surface area contributed by atoms with Crippen molar-refractivity contribution in [2.24, 2.45) is 5.41 Å². The second-order valence-corrected chi connectivity index (χ2v) is 6.84. The normalized spacial score (nSPS) is 12.3. The highest BCUT2D eigenvalue weighted by Crippen LogP contribution is 2.41. The minimum absolute atomic E-state index is 0.116. The van der Waals surface area contributed by atoms with Crippen LogP contribution >= 0.6 is 0 Å². The fraction of sp³-hybridized carbons (Fsp3) is 0.238. The number of rotatable bonds is 7. The molecule has 0 unspecified atom stereocenters. The Kier molecular flexibility index (Phi) is 7.21. The molecule has 8 heteroatoms. The Bertz CT molecular complexity index is 880. The van der Waals surface area contributed by atoms with Gasteiger partial charge in [0.15, 0.2) is 11.5 Å². The van der Waals surface area contributed by atoms with Crippen molar-refractivity contribution in [3.8, 4) is 11.5 Å². The van der Waals surface area contributed by atoms with E-state index in [1.54, 1.807) is 50.2 Å². The van der Waals surface area contributed by atoms with Crippen LogP contribution < -0.4 is 15.5 Å². The lowest BCUT2D eigenvalue weighted by atomic mass is 9.82. The Morgan fingerprint density at radius 3 is 2.41 bits per heavy atom. The quantitative estimate of drug-likeness (QED) is 0.319. The zero-order chi connectivity index (χ0) is 21.4. The number of para-hydroxylation sites is 1. The summed E-state index contributed by atoms with van der Waals surface area (Å²) < 4.78 is 10.7. The van der Waals surface area contributed by atoms with Gasteiger partial charge in [-0.15, -0.1) is 0 Å². The maximum Gasteiger partial charge on any atom is 0.412 e. The van der Waals surface area contributed by atoms with Crippen LogP contribution in [-0.2, 0) is 9.53 Å². The number of anilines is 1. The van der Waals surface area contributed by atoms with E-state index in [9.17, 15) is 14.7 Å². The molecule has 154 valence electrons. The van der Waals surface area contributed by atoms with Gasteiger partial charge < -0.3 is 14.6 Å². The summed E-state index contributed by atoms with van der Waals surface area (Å²) in [5.41, 5.74) is 1.69. The number of amides is 2. The smallest absolute Gasteiger partial charge is 0.412 e. The fourth-order valence-corrected chi connectivity index (χ4v) is 2.71. The zero-order valence-corrected chi connectivity index (χ0v) is 16.4. The largest absolute Gasteiger partial charge is 0.504 e. The summed E-state index contributed by atoms with van der Waals surface area (Å²) >= 11 is 0. The number of methoxy groups -OCH3 is 1. The highest BCUT2D eigenvalue weighted by atomic mass is 16.6. The van der Waals surface area contributed by atoms with Crippen LogP contribution in [0.3, 0.4) is 0 Å². The van der Waals surface area contributed by atoms with Crippen molar-refractivity contribution >= 4 is 17.7 Å². The van der Waals surface area contributed by atoms with Crippen LogP contribution in [0.1, 0.15) is 25.5 Å². The molecule has 0 heterocycles. The van der Waals surface area contributed by atoms with Crippen molar-refractivity contribution in [3.63, 3.8) is 0 Å². The van der Waals surface area contributed by atoms with Gasteiger partial charge in [-0.25, -0.2) is 10.3 Å². The lowest BCUT2D eigenvalue weighted by molar-refractivity contribution is -0.124. The van der Waals surface area contributed by atoms with Gasteiger partial charge in [0, 0.05) is 17.2 Å². The number of hydrogen-bond acceptors (Lipinski definition) is 6. The summed E-state index contributed by atoms with van der Waals surface area (Å²) in [6.07, 6.45) is 1.06. The highest BCUT2D eigenvalue weighted by molar-refractivity contribution is 5.86. The lowest BCUT2D eigenvalue weighted by Crippen LogP contribution is -2.28. The molecule has 29 heavy (non-hydrogen) atoms. The van der Waals surface area contributed by atoms with Crippen molar-refractivity contribution in [1.29, 1.82) is 0 Å². The Balaban J connectivity index is 2.34. The van der Waals surface area contributed by atoms with E-state index in [4.69, 9.17) is 14.7 Å². The Labute approximate surface area is 168 Å². The molecule has 4 N–H and O–H groups in total. The summed E-state index contributed by atoms with van der Waals surface area (Å²) in [6.45, 7) is 3.49. The number of phenolic OH excluding ortho intramolecular Hbond substituents is 1. The van der Waals surface area contributed by atoms with Crippen LogP contribution in [0.5, 0.6) is 11.5 Å². The maximum absolute atomic E-state index is 12.5. The Morgan fingerprint density at radius 1 is 1.14 bits per heavy atom. The molecule has 2 aromatic carbocycles. The standard InChI is InChI=1S/C21H24N2O6/c1-21(2,12-11-18(25)23-27)19(14-9-10-17(28-3)16(24)13-14)29-20(26)22-15-7-5-4-6-8-15/h4-13,19,24,27H,1-3H3,(H,22,26)(H,23,25)/b12-11+/t19-/m0/s1. The van der Waals surface area contributed by atoms with Crippen molar-refractivity contribution in [2.45, 2.75) is 20.0 Å². The van der Waals surface area contributed by atoms with Gasteiger partial charge in [0.05, 0.1) is 7.11 Å². The third-order valence-electron chi connectivity index (χ3n) is 4.20. The van der Waals surface area contributed by atoms with Crippen LogP contribution in [0.4, 0.5) is 10.5 Å². The van der Waals surface area contributed by atoms with E-state index in [2.05, 4.69) is 5.32 Å². The number of carbonyl (C=O) groups excluding carboxylic acids is 2. The monoisotopic (exact) mass is 400 g/mol. The SMILES string of the molecule is COc1ccc([C@H](OC(=O)Nc2ccccc2)C(C)(C)/C=C/C(=O)NO)cc1O. The first-order valence-electron chi connectivity index (χ1n) is 8.79. The molecule has 0 aliphatic carbocycles. The predicted octanol–water partition coefficient (Wildman–Crippen LogP) is 3.78. The van der Waals surface area contributed by atoms with Gasteiger partial charge in [0.2, 0.25) is 0 Å².